The van der Waals surface area contributed by atoms with Gasteiger partial charge in [0.15, 0.2) is 0 Å². The molecule has 31 heavy (non-hydrogen) atoms. The van der Waals surface area contributed by atoms with E-state index in [4.69, 9.17) is 0 Å². The molecule has 1 saturated heterocycles. The summed E-state index contributed by atoms with van der Waals surface area (Å²) in [6, 6.07) is 14.0. The van der Waals surface area contributed by atoms with Crippen molar-refractivity contribution in [2.45, 2.75) is 52.2 Å². The number of amides is 4. The van der Waals surface area contributed by atoms with Crippen LogP contribution in [-0.4, -0.2) is 57.7 Å². The Kier molecular flexibility index (Phi) is 5.12. The van der Waals surface area contributed by atoms with Gasteiger partial charge in [-0.2, -0.15) is 0 Å². The lowest BCUT2D eigenvalue weighted by Gasteiger charge is -2.32. The predicted molar refractivity (Wildman–Crippen MR) is 120 cm³/mol. The van der Waals surface area contributed by atoms with Crippen LogP contribution in [0.4, 0.5) is 4.79 Å². The van der Waals surface area contributed by atoms with E-state index in [-0.39, 0.29) is 23.9 Å². The molecule has 0 bridgehead atoms. The Morgan fingerprint density at radius 2 is 1.61 bits per heavy atom. The van der Waals surface area contributed by atoms with Crippen LogP contribution in [0.2, 0.25) is 0 Å². The molecular formula is C25H29N3O3. The normalized spacial score (nSPS) is 18.3. The van der Waals surface area contributed by atoms with E-state index in [1.807, 2.05) is 55.1 Å². The molecule has 2 aromatic rings. The highest BCUT2D eigenvalue weighted by Crippen LogP contribution is 2.30. The van der Waals surface area contributed by atoms with E-state index in [2.05, 4.69) is 6.07 Å². The molecule has 0 aliphatic carbocycles. The van der Waals surface area contributed by atoms with Gasteiger partial charge < -0.3 is 9.80 Å². The monoisotopic (exact) mass is 419 g/mol. The zero-order valence-corrected chi connectivity index (χ0v) is 18.8. The van der Waals surface area contributed by atoms with Crippen LogP contribution in [0.15, 0.2) is 42.5 Å². The van der Waals surface area contributed by atoms with E-state index in [0.29, 0.717) is 6.54 Å². The minimum Gasteiger partial charge on any atom is -0.336 e. The van der Waals surface area contributed by atoms with E-state index >= 15 is 0 Å². The molecule has 6 nitrogen and oxygen atoms in total. The summed E-state index contributed by atoms with van der Waals surface area (Å²) in [5.41, 5.74) is 4.14. The van der Waals surface area contributed by atoms with Gasteiger partial charge in [0.2, 0.25) is 0 Å². The maximum Gasteiger partial charge on any atom is 0.327 e. The van der Waals surface area contributed by atoms with Crippen molar-refractivity contribution in [3.63, 3.8) is 0 Å². The van der Waals surface area contributed by atoms with Crippen LogP contribution in [0.3, 0.4) is 0 Å². The first-order chi connectivity index (χ1) is 14.6. The third kappa shape index (κ3) is 3.50. The highest BCUT2D eigenvalue weighted by molar-refractivity contribution is 6.06. The molecule has 2 heterocycles. The van der Waals surface area contributed by atoms with Crippen LogP contribution in [0.25, 0.3) is 11.1 Å². The van der Waals surface area contributed by atoms with Crippen molar-refractivity contribution < 1.29 is 14.4 Å². The van der Waals surface area contributed by atoms with Crippen molar-refractivity contribution in [2.75, 3.05) is 13.6 Å². The van der Waals surface area contributed by atoms with Crippen molar-refractivity contribution in [2.24, 2.45) is 0 Å². The fourth-order valence-corrected chi connectivity index (χ4v) is 4.46. The predicted octanol–water partition coefficient (Wildman–Crippen LogP) is 3.93. The molecule has 4 rings (SSSR count). The molecule has 0 N–H and O–H groups in total. The smallest absolute Gasteiger partial charge is 0.327 e. The number of fused-ring (bicyclic) bond motifs is 1. The summed E-state index contributed by atoms with van der Waals surface area (Å²) in [5, 5.41) is 0. The molecular weight excluding hydrogens is 390 g/mol. The first-order valence-corrected chi connectivity index (χ1v) is 10.7. The van der Waals surface area contributed by atoms with Gasteiger partial charge >= 0.3 is 6.03 Å². The average Bonchev–Trinajstić information content (AvgIpc) is 2.89. The van der Waals surface area contributed by atoms with E-state index in [9.17, 15) is 14.4 Å². The van der Waals surface area contributed by atoms with E-state index in [0.717, 1.165) is 40.8 Å². The SMILES string of the molecule is CC(C)N1CCc2cc(-c3ccc(CN4C(=O)N(C)C(=O)C4(C)C)cc3)ccc2C1=O. The molecule has 2 aromatic carbocycles. The molecule has 0 spiro atoms. The van der Waals surface area contributed by atoms with Gasteiger partial charge in [0.05, 0.1) is 0 Å². The average molecular weight is 420 g/mol. The molecule has 0 saturated carbocycles. The number of likely N-dealkylation sites (N-methyl/N-ethyl adjacent to an activating group) is 1. The highest BCUT2D eigenvalue weighted by Gasteiger charge is 2.49. The molecule has 162 valence electrons. The molecule has 0 radical (unpaired) electrons. The molecule has 1 fully saturated rings. The first-order valence-electron chi connectivity index (χ1n) is 10.7. The first kappa shape index (κ1) is 21.1. The fraction of sp³-hybridized carbons (Fsp3) is 0.400. The van der Waals surface area contributed by atoms with Gasteiger partial charge in [-0.25, -0.2) is 4.79 Å². The van der Waals surface area contributed by atoms with E-state index in [1.165, 1.54) is 11.9 Å². The Balaban J connectivity index is 1.54. The summed E-state index contributed by atoms with van der Waals surface area (Å²) in [6.07, 6.45) is 0.860. The third-order valence-electron chi connectivity index (χ3n) is 6.49. The molecule has 0 atom stereocenters. The Morgan fingerprint density at radius 1 is 0.968 bits per heavy atom. The quantitative estimate of drug-likeness (QED) is 0.706. The van der Waals surface area contributed by atoms with Gasteiger partial charge in [0.1, 0.15) is 5.54 Å². The number of carbonyl (C=O) groups is 3. The number of rotatable bonds is 4. The number of hydrogen-bond donors (Lipinski definition) is 0. The zero-order chi connectivity index (χ0) is 22.5. The standard InChI is InChI=1S/C25H29N3O3/c1-16(2)27-13-12-20-14-19(10-11-21(20)22(27)29)18-8-6-17(7-9-18)15-28-24(31)26(5)23(30)25(28,3)4/h6-11,14,16H,12-13,15H2,1-5H3. The number of imide groups is 1. The van der Waals surface area contributed by atoms with Crippen LogP contribution in [-0.2, 0) is 17.8 Å². The summed E-state index contributed by atoms with van der Waals surface area (Å²) < 4.78 is 0. The van der Waals surface area contributed by atoms with Crippen LogP contribution in [0, 0.1) is 0 Å². The van der Waals surface area contributed by atoms with E-state index < -0.39 is 5.54 Å². The number of carbonyl (C=O) groups excluding carboxylic acids is 3. The Hall–Kier alpha value is -3.15. The molecule has 0 unspecified atom stereocenters. The molecule has 4 amide bonds. The minimum atomic E-state index is -0.848. The third-order valence-corrected chi connectivity index (χ3v) is 6.49. The molecule has 0 aromatic heterocycles. The number of benzene rings is 2. The van der Waals surface area contributed by atoms with Crippen molar-refractivity contribution in [1.29, 1.82) is 0 Å². The molecule has 2 aliphatic heterocycles. The van der Waals surface area contributed by atoms with Gasteiger partial charge in [-0.1, -0.05) is 36.4 Å². The van der Waals surface area contributed by atoms with Gasteiger partial charge in [-0.3, -0.25) is 14.5 Å². The number of hydrogen-bond acceptors (Lipinski definition) is 3. The largest absolute Gasteiger partial charge is 0.336 e. The summed E-state index contributed by atoms with van der Waals surface area (Å²) in [5.74, 6) is -0.0793. The number of urea groups is 1. The highest BCUT2D eigenvalue weighted by atomic mass is 16.2. The topological polar surface area (TPSA) is 60.9 Å². The van der Waals surface area contributed by atoms with Crippen LogP contribution >= 0.6 is 0 Å². The Labute approximate surface area is 183 Å². The summed E-state index contributed by atoms with van der Waals surface area (Å²) in [4.78, 5) is 42.2. The maximum atomic E-state index is 12.7. The molecule has 2 aliphatic rings. The van der Waals surface area contributed by atoms with Crippen molar-refractivity contribution in [1.82, 2.24) is 14.7 Å². The summed E-state index contributed by atoms with van der Waals surface area (Å²) >= 11 is 0. The zero-order valence-electron chi connectivity index (χ0n) is 18.8. The fourth-order valence-electron chi connectivity index (χ4n) is 4.46. The van der Waals surface area contributed by atoms with Gasteiger partial charge in [-0.05, 0) is 62.4 Å². The second-order valence-electron chi connectivity index (χ2n) is 9.20. The van der Waals surface area contributed by atoms with Crippen molar-refractivity contribution in [3.8, 4) is 11.1 Å². The summed E-state index contributed by atoms with van der Waals surface area (Å²) in [6.45, 7) is 8.78. The van der Waals surface area contributed by atoms with Crippen LogP contribution < -0.4 is 0 Å². The Bertz CT molecular complexity index is 1060. The lowest BCUT2D eigenvalue weighted by atomic mass is 9.93. The van der Waals surface area contributed by atoms with E-state index in [1.54, 1.807) is 18.7 Å². The summed E-state index contributed by atoms with van der Waals surface area (Å²) in [7, 11) is 1.52. The van der Waals surface area contributed by atoms with Gasteiger partial charge in [0.25, 0.3) is 11.8 Å². The second-order valence-corrected chi connectivity index (χ2v) is 9.20. The molecule has 6 heteroatoms. The second kappa shape index (κ2) is 7.52. The maximum absolute atomic E-state index is 12.7. The lowest BCUT2D eigenvalue weighted by molar-refractivity contribution is -0.131. The van der Waals surface area contributed by atoms with Crippen LogP contribution in [0.1, 0.15) is 49.2 Å². The van der Waals surface area contributed by atoms with Crippen LogP contribution in [0.5, 0.6) is 0 Å². The van der Waals surface area contributed by atoms with Gasteiger partial charge in [-0.15, -0.1) is 0 Å². The Morgan fingerprint density at radius 3 is 2.19 bits per heavy atom. The lowest BCUT2D eigenvalue weighted by Crippen LogP contribution is -2.43. The van der Waals surface area contributed by atoms with Gasteiger partial charge in [0, 0.05) is 31.7 Å². The van der Waals surface area contributed by atoms with Crippen molar-refractivity contribution >= 4 is 17.8 Å². The van der Waals surface area contributed by atoms with Crippen molar-refractivity contribution in [3.05, 3.63) is 59.2 Å². The minimum absolute atomic E-state index is 0.107. The number of nitrogens with zero attached hydrogens (tertiary/aromatic N) is 3.